The summed E-state index contributed by atoms with van der Waals surface area (Å²) >= 11 is 1.74. The molecule has 2 fully saturated rings. The van der Waals surface area contributed by atoms with Gasteiger partial charge in [-0.1, -0.05) is 24.3 Å². The summed E-state index contributed by atoms with van der Waals surface area (Å²) in [5, 5.41) is 4.40. The zero-order valence-corrected chi connectivity index (χ0v) is 20.9. The van der Waals surface area contributed by atoms with Gasteiger partial charge in [0.25, 0.3) is 5.91 Å². The fourth-order valence-corrected chi connectivity index (χ4v) is 6.48. The molecule has 0 spiro atoms. The molecule has 2 saturated heterocycles. The predicted molar refractivity (Wildman–Crippen MR) is 137 cm³/mol. The quantitative estimate of drug-likeness (QED) is 0.435. The Morgan fingerprint density at radius 1 is 1.00 bits per heavy atom. The molecule has 3 heterocycles. The number of carbonyl (C=O) groups excluding carboxylic acids is 1. The third kappa shape index (κ3) is 4.82. The zero-order chi connectivity index (χ0) is 23.7. The minimum absolute atomic E-state index is 0.165. The van der Waals surface area contributed by atoms with E-state index in [-0.39, 0.29) is 11.7 Å². The van der Waals surface area contributed by atoms with Crippen molar-refractivity contribution in [1.82, 2.24) is 9.80 Å². The largest absolute Gasteiger partial charge is 0.338 e. The molecule has 0 aliphatic carbocycles. The second-order valence-corrected chi connectivity index (χ2v) is 10.8. The maximum atomic E-state index is 13.5. The van der Waals surface area contributed by atoms with Gasteiger partial charge in [0.1, 0.15) is 5.82 Å². The number of amides is 1. The van der Waals surface area contributed by atoms with E-state index in [4.69, 9.17) is 0 Å². The number of thiophene rings is 1. The molecule has 178 valence electrons. The number of piperidine rings is 1. The van der Waals surface area contributed by atoms with Gasteiger partial charge in [0.2, 0.25) is 0 Å². The van der Waals surface area contributed by atoms with E-state index < -0.39 is 0 Å². The van der Waals surface area contributed by atoms with Gasteiger partial charge in [-0.05, 0) is 109 Å². The van der Waals surface area contributed by atoms with Gasteiger partial charge in [-0.15, -0.1) is 0 Å². The molecular formula is C29H33FN2OS. The standard InChI is InChI=1S/C29H33FN2OS/c1-20-4-3-5-27(21(20)2)29(33)32-17-25(28(18-32)24-12-15-34-19-24)16-31-13-10-23(11-14-31)22-6-8-26(30)9-7-22/h3-9,12,15,19,23,25,28H,10-11,13-14,16-18H2,1-2H3. The molecule has 0 bridgehead atoms. The van der Waals surface area contributed by atoms with Gasteiger partial charge in [-0.2, -0.15) is 11.3 Å². The van der Waals surface area contributed by atoms with Crippen LogP contribution in [-0.2, 0) is 0 Å². The summed E-state index contributed by atoms with van der Waals surface area (Å²) in [5.74, 6) is 1.33. The van der Waals surface area contributed by atoms with E-state index in [2.05, 4.69) is 46.5 Å². The van der Waals surface area contributed by atoms with E-state index in [1.807, 2.05) is 24.3 Å². The number of halogens is 1. The predicted octanol–water partition coefficient (Wildman–Crippen LogP) is 6.24. The van der Waals surface area contributed by atoms with Crippen molar-refractivity contribution in [2.75, 3.05) is 32.7 Å². The van der Waals surface area contributed by atoms with Gasteiger partial charge >= 0.3 is 0 Å². The van der Waals surface area contributed by atoms with Crippen molar-refractivity contribution in [2.24, 2.45) is 5.92 Å². The minimum Gasteiger partial charge on any atom is -0.338 e. The first-order chi connectivity index (χ1) is 16.5. The molecule has 0 saturated carbocycles. The molecule has 3 nitrogen and oxygen atoms in total. The molecule has 5 heteroatoms. The van der Waals surface area contributed by atoms with Crippen molar-refractivity contribution in [1.29, 1.82) is 0 Å². The summed E-state index contributed by atoms with van der Waals surface area (Å²) in [6, 6.07) is 15.3. The lowest BCUT2D eigenvalue weighted by Crippen LogP contribution is -2.38. The fourth-order valence-electron chi connectivity index (χ4n) is 5.75. The third-order valence-electron chi connectivity index (χ3n) is 7.96. The second kappa shape index (κ2) is 10.0. The highest BCUT2D eigenvalue weighted by atomic mass is 32.1. The second-order valence-electron chi connectivity index (χ2n) is 10.0. The van der Waals surface area contributed by atoms with Crippen LogP contribution in [0.4, 0.5) is 4.39 Å². The van der Waals surface area contributed by atoms with Crippen molar-refractivity contribution < 1.29 is 9.18 Å². The van der Waals surface area contributed by atoms with Gasteiger partial charge in [-0.3, -0.25) is 4.79 Å². The van der Waals surface area contributed by atoms with Crippen LogP contribution in [0, 0.1) is 25.6 Å². The third-order valence-corrected chi connectivity index (χ3v) is 8.66. The van der Waals surface area contributed by atoms with Gasteiger partial charge < -0.3 is 9.80 Å². The summed E-state index contributed by atoms with van der Waals surface area (Å²) < 4.78 is 13.3. The molecule has 2 aromatic carbocycles. The lowest BCUT2D eigenvalue weighted by atomic mass is 9.87. The molecule has 5 rings (SSSR count). The SMILES string of the molecule is Cc1cccc(C(=O)N2CC(CN3CCC(c4ccc(F)cc4)CC3)C(c3ccsc3)C2)c1C. The van der Waals surface area contributed by atoms with E-state index >= 15 is 0 Å². The van der Waals surface area contributed by atoms with Crippen LogP contribution >= 0.6 is 11.3 Å². The monoisotopic (exact) mass is 476 g/mol. The van der Waals surface area contributed by atoms with Gasteiger partial charge in [-0.25, -0.2) is 4.39 Å². The maximum absolute atomic E-state index is 13.5. The van der Waals surface area contributed by atoms with E-state index in [9.17, 15) is 9.18 Å². The maximum Gasteiger partial charge on any atom is 0.254 e. The highest BCUT2D eigenvalue weighted by molar-refractivity contribution is 7.08. The summed E-state index contributed by atoms with van der Waals surface area (Å²) in [6.07, 6.45) is 2.21. The average Bonchev–Trinajstić information content (AvgIpc) is 3.52. The summed E-state index contributed by atoms with van der Waals surface area (Å²) in [6.45, 7) is 8.86. The Morgan fingerprint density at radius 3 is 2.47 bits per heavy atom. The Hall–Kier alpha value is -2.50. The van der Waals surface area contributed by atoms with Crippen LogP contribution < -0.4 is 0 Å². The normalized spacial score (nSPS) is 21.8. The highest BCUT2D eigenvalue weighted by Gasteiger charge is 2.38. The van der Waals surface area contributed by atoms with E-state index in [1.165, 1.54) is 16.7 Å². The van der Waals surface area contributed by atoms with Crippen LogP contribution in [0.25, 0.3) is 0 Å². The number of carbonyl (C=O) groups is 1. The first kappa shape index (κ1) is 23.3. The van der Waals surface area contributed by atoms with Crippen molar-refractivity contribution in [3.8, 4) is 0 Å². The Labute approximate surface area is 206 Å². The van der Waals surface area contributed by atoms with Crippen molar-refractivity contribution >= 4 is 17.2 Å². The number of rotatable bonds is 5. The van der Waals surface area contributed by atoms with Crippen LogP contribution in [0.3, 0.4) is 0 Å². The van der Waals surface area contributed by atoms with E-state index in [1.54, 1.807) is 23.5 Å². The van der Waals surface area contributed by atoms with Crippen molar-refractivity contribution in [3.63, 3.8) is 0 Å². The summed E-state index contributed by atoms with van der Waals surface area (Å²) in [7, 11) is 0. The average molecular weight is 477 g/mol. The number of nitrogens with zero attached hydrogens (tertiary/aromatic N) is 2. The Balaban J connectivity index is 1.27. The van der Waals surface area contributed by atoms with Crippen LogP contribution in [0.1, 0.15) is 57.3 Å². The molecule has 3 aromatic rings. The molecular weight excluding hydrogens is 443 g/mol. The number of likely N-dealkylation sites (tertiary alicyclic amines) is 2. The molecule has 2 atom stereocenters. The van der Waals surface area contributed by atoms with Gasteiger partial charge in [0.05, 0.1) is 0 Å². The number of hydrogen-bond donors (Lipinski definition) is 0. The molecule has 1 aromatic heterocycles. The van der Waals surface area contributed by atoms with E-state index in [0.717, 1.165) is 56.7 Å². The molecule has 1 amide bonds. The summed E-state index contributed by atoms with van der Waals surface area (Å²) in [4.78, 5) is 18.1. The molecule has 34 heavy (non-hydrogen) atoms. The first-order valence-corrected chi connectivity index (χ1v) is 13.3. The van der Waals surface area contributed by atoms with Gasteiger partial charge in [0.15, 0.2) is 0 Å². The number of hydrogen-bond acceptors (Lipinski definition) is 3. The van der Waals surface area contributed by atoms with Crippen LogP contribution in [-0.4, -0.2) is 48.4 Å². The molecule has 0 N–H and O–H groups in total. The molecule has 2 unspecified atom stereocenters. The van der Waals surface area contributed by atoms with Crippen molar-refractivity contribution in [2.45, 2.75) is 38.5 Å². The minimum atomic E-state index is -0.165. The molecule has 2 aliphatic rings. The van der Waals surface area contributed by atoms with Crippen LogP contribution in [0.2, 0.25) is 0 Å². The van der Waals surface area contributed by atoms with Crippen molar-refractivity contribution in [3.05, 3.63) is 92.9 Å². The summed E-state index contributed by atoms with van der Waals surface area (Å²) in [5.41, 5.74) is 5.71. The van der Waals surface area contributed by atoms with Crippen LogP contribution in [0.15, 0.2) is 59.3 Å². The number of benzene rings is 2. The topological polar surface area (TPSA) is 23.6 Å². The van der Waals surface area contributed by atoms with E-state index in [0.29, 0.717) is 17.8 Å². The Bertz CT molecular complexity index is 1120. The Morgan fingerprint density at radius 2 is 1.76 bits per heavy atom. The zero-order valence-electron chi connectivity index (χ0n) is 20.0. The highest BCUT2D eigenvalue weighted by Crippen LogP contribution is 2.37. The van der Waals surface area contributed by atoms with Crippen LogP contribution in [0.5, 0.6) is 0 Å². The lowest BCUT2D eigenvalue weighted by Gasteiger charge is -2.34. The lowest BCUT2D eigenvalue weighted by molar-refractivity contribution is 0.0780. The number of aryl methyl sites for hydroxylation is 1. The van der Waals surface area contributed by atoms with Gasteiger partial charge in [0, 0.05) is 31.1 Å². The smallest absolute Gasteiger partial charge is 0.254 e. The Kier molecular flexibility index (Phi) is 6.84. The molecule has 2 aliphatic heterocycles. The fraction of sp³-hybridized carbons (Fsp3) is 0.414. The molecule has 0 radical (unpaired) electrons. The first-order valence-electron chi connectivity index (χ1n) is 12.3.